The molecule has 84 valence electrons. The van der Waals surface area contributed by atoms with Crippen LogP contribution in [0, 0.1) is 0 Å². The molecule has 14 heavy (non-hydrogen) atoms. The van der Waals surface area contributed by atoms with E-state index in [2.05, 4.69) is 4.90 Å². The van der Waals surface area contributed by atoms with E-state index in [1.807, 2.05) is 14.0 Å². The van der Waals surface area contributed by atoms with Crippen LogP contribution in [0.1, 0.15) is 13.3 Å². The molecule has 0 aliphatic carbocycles. The van der Waals surface area contributed by atoms with E-state index in [1.54, 1.807) is 4.90 Å². The van der Waals surface area contributed by atoms with E-state index in [0.29, 0.717) is 6.54 Å². The summed E-state index contributed by atoms with van der Waals surface area (Å²) in [6.07, 6.45) is 0.113. The van der Waals surface area contributed by atoms with Gasteiger partial charge in [-0.1, -0.05) is 0 Å². The summed E-state index contributed by atoms with van der Waals surface area (Å²) >= 11 is 0. The number of nitrogens with zero attached hydrogens (tertiary/aromatic N) is 2. The van der Waals surface area contributed by atoms with Crippen molar-refractivity contribution in [3.05, 3.63) is 0 Å². The van der Waals surface area contributed by atoms with Gasteiger partial charge in [-0.25, -0.2) is 0 Å². The first-order valence-corrected chi connectivity index (χ1v) is 5.02. The lowest BCUT2D eigenvalue weighted by Gasteiger charge is -2.32. The lowest BCUT2D eigenvalue weighted by molar-refractivity contribution is 0.210. The molecule has 0 aromatic carbocycles. The fourth-order valence-electron chi connectivity index (χ4n) is 1.96. The summed E-state index contributed by atoms with van der Waals surface area (Å²) < 4.78 is 36.8. The maximum absolute atomic E-state index is 12.3. The van der Waals surface area contributed by atoms with Crippen molar-refractivity contribution in [3.8, 4) is 0 Å². The quantitative estimate of drug-likeness (QED) is 0.634. The zero-order valence-corrected chi connectivity index (χ0v) is 8.72. The van der Waals surface area contributed by atoms with E-state index >= 15 is 0 Å². The van der Waals surface area contributed by atoms with Gasteiger partial charge in [0.2, 0.25) is 0 Å². The Kier molecular flexibility index (Phi) is 3.83. The first kappa shape index (κ1) is 11.8. The highest BCUT2D eigenvalue weighted by atomic mass is 19.4. The highest BCUT2D eigenvalue weighted by Gasteiger charge is 2.29. The second-order valence-electron chi connectivity index (χ2n) is 4.17. The predicted octanol–water partition coefficient (Wildman–Crippen LogP) is 1.40. The van der Waals surface area contributed by atoms with Gasteiger partial charge in [-0.3, -0.25) is 0 Å². The van der Waals surface area contributed by atoms with E-state index in [1.165, 1.54) is 0 Å². The molecule has 2 nitrogen and oxygen atoms in total. The zero-order valence-electron chi connectivity index (χ0n) is 8.72. The Morgan fingerprint density at radius 3 is 2.50 bits per heavy atom. The van der Waals surface area contributed by atoms with E-state index in [4.69, 9.17) is 0 Å². The summed E-state index contributed by atoms with van der Waals surface area (Å²) in [5, 5.41) is 0. The molecular formula is C8H17BF3N2-. The number of likely N-dealkylation sites (N-methyl/N-ethyl adjacent to an activating group) is 1. The van der Waals surface area contributed by atoms with Crippen LogP contribution in [0.25, 0.3) is 0 Å². The smallest absolute Gasteiger partial charge is 0.448 e. The largest absolute Gasteiger partial charge is 0.492 e. The summed E-state index contributed by atoms with van der Waals surface area (Å²) in [7, 11) is 1.96. The van der Waals surface area contributed by atoms with Gasteiger partial charge in [0.05, 0.1) is 0 Å². The lowest BCUT2D eigenvalue weighted by Crippen LogP contribution is -2.45. The molecule has 0 bridgehead atoms. The molecule has 0 aromatic heterocycles. The van der Waals surface area contributed by atoms with Gasteiger partial charge in [-0.05, 0) is 39.9 Å². The second-order valence-corrected chi connectivity index (χ2v) is 4.17. The van der Waals surface area contributed by atoms with Crippen LogP contribution in [0.3, 0.4) is 0 Å². The van der Waals surface area contributed by atoms with Gasteiger partial charge in [-0.2, -0.15) is 0 Å². The summed E-state index contributed by atoms with van der Waals surface area (Å²) in [6.45, 7) is -0.630. The fourth-order valence-corrected chi connectivity index (χ4v) is 1.96. The Morgan fingerprint density at radius 1 is 1.29 bits per heavy atom. The molecule has 1 aliphatic rings. The van der Waals surface area contributed by atoms with Crippen molar-refractivity contribution < 1.29 is 12.9 Å². The molecule has 1 rings (SSSR count). The van der Waals surface area contributed by atoms with E-state index < -0.39 is 13.4 Å². The van der Waals surface area contributed by atoms with E-state index in [9.17, 15) is 12.9 Å². The van der Waals surface area contributed by atoms with Gasteiger partial charge in [0.25, 0.3) is 0 Å². The second kappa shape index (κ2) is 4.53. The average molecular weight is 209 g/mol. The average Bonchev–Trinajstić information content (AvgIpc) is 2.11. The monoisotopic (exact) mass is 209 g/mol. The standard InChI is InChI=1S/C8H17BF3N2/c1-8-6-13(2)4-3-5-14(8)7-9(10,11)12/h8H,3-7H2,1-2H3/q-1. The number of hydrogen-bond donors (Lipinski definition) is 0. The zero-order chi connectivity index (χ0) is 10.8. The minimum absolute atomic E-state index is 0.00556. The lowest BCUT2D eigenvalue weighted by atomic mass is 9.90. The third kappa shape index (κ3) is 3.88. The molecule has 0 N–H and O–H groups in total. The first-order valence-electron chi connectivity index (χ1n) is 5.02. The van der Waals surface area contributed by atoms with Crippen molar-refractivity contribution >= 4 is 6.98 Å². The van der Waals surface area contributed by atoms with Crippen molar-refractivity contribution in [2.24, 2.45) is 0 Å². The van der Waals surface area contributed by atoms with Crippen LogP contribution in [0.5, 0.6) is 0 Å². The predicted molar refractivity (Wildman–Crippen MR) is 52.2 cm³/mol. The van der Waals surface area contributed by atoms with Gasteiger partial charge < -0.3 is 22.7 Å². The number of hydrogen-bond acceptors (Lipinski definition) is 2. The normalized spacial score (nSPS) is 27.6. The number of halogens is 3. The fraction of sp³-hybridized carbons (Fsp3) is 1.00. The highest BCUT2D eigenvalue weighted by Crippen LogP contribution is 2.15. The van der Waals surface area contributed by atoms with Crippen LogP contribution in [0.15, 0.2) is 0 Å². The molecular weight excluding hydrogens is 192 g/mol. The maximum atomic E-state index is 12.3. The van der Waals surface area contributed by atoms with Crippen LogP contribution >= 0.6 is 0 Å². The molecule has 1 atom stereocenters. The third-order valence-electron chi connectivity index (χ3n) is 2.63. The molecule has 6 heteroatoms. The van der Waals surface area contributed by atoms with Crippen molar-refractivity contribution in [1.82, 2.24) is 9.80 Å². The Morgan fingerprint density at radius 2 is 1.93 bits per heavy atom. The molecule has 0 radical (unpaired) electrons. The molecule has 1 unspecified atom stereocenters. The summed E-state index contributed by atoms with van der Waals surface area (Å²) in [5.74, 6) is 0. The van der Waals surface area contributed by atoms with Crippen LogP contribution in [0.2, 0.25) is 0 Å². The highest BCUT2D eigenvalue weighted by molar-refractivity contribution is 6.58. The van der Waals surface area contributed by atoms with Gasteiger partial charge in [0.15, 0.2) is 0 Å². The van der Waals surface area contributed by atoms with Crippen LogP contribution in [0.4, 0.5) is 12.9 Å². The van der Waals surface area contributed by atoms with Crippen molar-refractivity contribution in [2.45, 2.75) is 19.4 Å². The van der Waals surface area contributed by atoms with Crippen LogP contribution in [-0.2, 0) is 0 Å². The van der Waals surface area contributed by atoms with Crippen molar-refractivity contribution in [2.75, 3.05) is 33.1 Å². The van der Waals surface area contributed by atoms with E-state index in [0.717, 1.165) is 19.5 Å². The topological polar surface area (TPSA) is 6.48 Å². The molecule has 0 saturated carbocycles. The molecule has 0 spiro atoms. The molecule has 0 amide bonds. The van der Waals surface area contributed by atoms with E-state index in [-0.39, 0.29) is 6.04 Å². The molecule has 1 heterocycles. The van der Waals surface area contributed by atoms with Crippen molar-refractivity contribution in [3.63, 3.8) is 0 Å². The Balaban J connectivity index is 2.51. The van der Waals surface area contributed by atoms with Crippen LogP contribution in [-0.4, -0.2) is 55.9 Å². The van der Waals surface area contributed by atoms with Gasteiger partial charge in [0, 0.05) is 12.6 Å². The van der Waals surface area contributed by atoms with Gasteiger partial charge in [0.1, 0.15) is 0 Å². The summed E-state index contributed by atoms with van der Waals surface area (Å²) in [6, 6.07) is 0.00556. The first-order chi connectivity index (χ1) is 6.38. The molecule has 0 aromatic rings. The van der Waals surface area contributed by atoms with Crippen molar-refractivity contribution in [1.29, 1.82) is 0 Å². The Hall–Kier alpha value is -0.225. The molecule has 1 saturated heterocycles. The Bertz CT molecular complexity index is 186. The minimum Gasteiger partial charge on any atom is -0.448 e. The maximum Gasteiger partial charge on any atom is 0.492 e. The summed E-state index contributed by atoms with van der Waals surface area (Å²) in [5.41, 5.74) is 0. The number of rotatable bonds is 2. The van der Waals surface area contributed by atoms with Crippen LogP contribution < -0.4 is 0 Å². The minimum atomic E-state index is -4.68. The van der Waals surface area contributed by atoms with Gasteiger partial charge >= 0.3 is 6.98 Å². The third-order valence-corrected chi connectivity index (χ3v) is 2.63. The SMILES string of the molecule is CC1CN(C)CCCN1C[B-](F)(F)F. The molecule has 1 aliphatic heterocycles. The summed E-state index contributed by atoms with van der Waals surface area (Å²) in [4.78, 5) is 3.64. The van der Waals surface area contributed by atoms with Gasteiger partial charge in [-0.15, -0.1) is 0 Å². The Labute approximate surface area is 83.1 Å². The molecule has 1 fully saturated rings.